The molecule has 0 aromatic heterocycles. The third-order valence-electron chi connectivity index (χ3n) is 3.55. The maximum atomic E-state index is 6.17. The van der Waals surface area contributed by atoms with Crippen LogP contribution in [0.25, 0.3) is 0 Å². The SMILES string of the molecule is CCCNC(C)c1ccccc1OC1CCOCC1. The third kappa shape index (κ3) is 4.22. The zero-order valence-electron chi connectivity index (χ0n) is 12.0. The predicted octanol–water partition coefficient (Wildman–Crippen LogP) is 3.31. The van der Waals surface area contributed by atoms with Crippen molar-refractivity contribution in [1.82, 2.24) is 5.32 Å². The van der Waals surface area contributed by atoms with E-state index in [2.05, 4.69) is 37.4 Å². The van der Waals surface area contributed by atoms with Gasteiger partial charge < -0.3 is 14.8 Å². The smallest absolute Gasteiger partial charge is 0.124 e. The molecular formula is C16H25NO2. The first-order valence-electron chi connectivity index (χ1n) is 7.38. The Balaban J connectivity index is 2.02. The second kappa shape index (κ2) is 7.51. The molecule has 1 N–H and O–H groups in total. The van der Waals surface area contributed by atoms with Crippen LogP contribution in [0.4, 0.5) is 0 Å². The first-order valence-corrected chi connectivity index (χ1v) is 7.38. The molecule has 0 saturated carbocycles. The summed E-state index contributed by atoms with van der Waals surface area (Å²) in [4.78, 5) is 0. The lowest BCUT2D eigenvalue weighted by molar-refractivity contribution is 0.0250. The number of ether oxygens (including phenoxy) is 2. The van der Waals surface area contributed by atoms with Crippen molar-refractivity contribution < 1.29 is 9.47 Å². The van der Waals surface area contributed by atoms with Crippen molar-refractivity contribution in [3.05, 3.63) is 29.8 Å². The molecule has 2 rings (SSSR count). The fraction of sp³-hybridized carbons (Fsp3) is 0.625. The molecular weight excluding hydrogens is 238 g/mol. The molecule has 1 atom stereocenters. The van der Waals surface area contributed by atoms with Gasteiger partial charge in [0.25, 0.3) is 0 Å². The number of nitrogens with one attached hydrogen (secondary N) is 1. The molecule has 1 aliphatic rings. The highest BCUT2D eigenvalue weighted by Crippen LogP contribution is 2.27. The van der Waals surface area contributed by atoms with E-state index in [4.69, 9.17) is 9.47 Å². The van der Waals surface area contributed by atoms with Crippen LogP contribution in [-0.2, 0) is 4.74 Å². The normalized spacial score (nSPS) is 18.2. The summed E-state index contributed by atoms with van der Waals surface area (Å²) in [5.41, 5.74) is 1.25. The van der Waals surface area contributed by atoms with Crippen LogP contribution in [0.1, 0.15) is 44.7 Å². The predicted molar refractivity (Wildman–Crippen MR) is 77.6 cm³/mol. The van der Waals surface area contributed by atoms with Gasteiger partial charge in [0.2, 0.25) is 0 Å². The molecule has 1 saturated heterocycles. The van der Waals surface area contributed by atoms with Crippen molar-refractivity contribution in [2.45, 2.75) is 45.3 Å². The minimum absolute atomic E-state index is 0.299. The minimum atomic E-state index is 0.299. The second-order valence-electron chi connectivity index (χ2n) is 5.14. The van der Waals surface area contributed by atoms with Crippen LogP contribution >= 0.6 is 0 Å². The lowest BCUT2D eigenvalue weighted by Crippen LogP contribution is -2.27. The van der Waals surface area contributed by atoms with E-state index < -0.39 is 0 Å². The zero-order chi connectivity index (χ0) is 13.5. The number of hydrogen-bond acceptors (Lipinski definition) is 3. The van der Waals surface area contributed by atoms with Crippen molar-refractivity contribution in [2.24, 2.45) is 0 Å². The topological polar surface area (TPSA) is 30.5 Å². The summed E-state index contributed by atoms with van der Waals surface area (Å²) in [5, 5.41) is 3.52. The highest BCUT2D eigenvalue weighted by molar-refractivity contribution is 5.35. The molecule has 0 amide bonds. The quantitative estimate of drug-likeness (QED) is 0.854. The number of rotatable bonds is 6. The summed E-state index contributed by atoms with van der Waals surface area (Å²) in [6.45, 7) is 7.05. The van der Waals surface area contributed by atoms with Gasteiger partial charge in [-0.15, -0.1) is 0 Å². The van der Waals surface area contributed by atoms with Gasteiger partial charge in [0, 0.05) is 24.4 Å². The second-order valence-corrected chi connectivity index (χ2v) is 5.14. The molecule has 106 valence electrons. The summed E-state index contributed by atoms with van der Waals surface area (Å²) in [7, 11) is 0. The average Bonchev–Trinajstić information content (AvgIpc) is 2.46. The van der Waals surface area contributed by atoms with E-state index in [1.807, 2.05) is 6.07 Å². The Bertz CT molecular complexity index is 375. The van der Waals surface area contributed by atoms with Gasteiger partial charge in [-0.25, -0.2) is 0 Å². The van der Waals surface area contributed by atoms with E-state index in [0.717, 1.165) is 44.8 Å². The molecule has 0 spiro atoms. The molecule has 3 heteroatoms. The Morgan fingerprint density at radius 2 is 2.05 bits per heavy atom. The van der Waals surface area contributed by atoms with Crippen LogP contribution in [0.15, 0.2) is 24.3 Å². The first kappa shape index (κ1) is 14.4. The summed E-state index contributed by atoms with van der Waals surface area (Å²) < 4.78 is 11.5. The number of hydrogen-bond donors (Lipinski definition) is 1. The number of para-hydroxylation sites is 1. The maximum absolute atomic E-state index is 6.17. The van der Waals surface area contributed by atoms with Gasteiger partial charge in [-0.05, 0) is 26.0 Å². The van der Waals surface area contributed by atoms with E-state index in [9.17, 15) is 0 Å². The van der Waals surface area contributed by atoms with Gasteiger partial charge in [-0.2, -0.15) is 0 Å². The first-order chi connectivity index (χ1) is 9.31. The molecule has 0 bridgehead atoms. The molecule has 1 fully saturated rings. The molecule has 1 aromatic rings. The van der Waals surface area contributed by atoms with Crippen LogP contribution in [0.5, 0.6) is 5.75 Å². The van der Waals surface area contributed by atoms with Crippen molar-refractivity contribution >= 4 is 0 Å². The van der Waals surface area contributed by atoms with Gasteiger partial charge >= 0.3 is 0 Å². The summed E-state index contributed by atoms with van der Waals surface area (Å²) in [6, 6.07) is 8.69. The fourth-order valence-corrected chi connectivity index (χ4v) is 2.39. The molecule has 1 heterocycles. The van der Waals surface area contributed by atoms with Crippen molar-refractivity contribution in [3.63, 3.8) is 0 Å². The van der Waals surface area contributed by atoms with E-state index in [1.165, 1.54) is 5.56 Å². The largest absolute Gasteiger partial charge is 0.490 e. The lowest BCUT2D eigenvalue weighted by Gasteiger charge is -2.26. The molecule has 1 aliphatic heterocycles. The summed E-state index contributed by atoms with van der Waals surface area (Å²) in [5.74, 6) is 1.02. The molecule has 1 aromatic carbocycles. The van der Waals surface area contributed by atoms with Gasteiger partial charge in [0.1, 0.15) is 11.9 Å². The van der Waals surface area contributed by atoms with Crippen molar-refractivity contribution in [1.29, 1.82) is 0 Å². The molecule has 0 aliphatic carbocycles. The molecule has 0 radical (unpaired) electrons. The monoisotopic (exact) mass is 263 g/mol. The van der Waals surface area contributed by atoms with Crippen molar-refractivity contribution in [3.8, 4) is 5.75 Å². The molecule has 1 unspecified atom stereocenters. The Labute approximate surface area is 116 Å². The van der Waals surface area contributed by atoms with E-state index in [0.29, 0.717) is 12.1 Å². The van der Waals surface area contributed by atoms with Crippen LogP contribution in [-0.4, -0.2) is 25.9 Å². The van der Waals surface area contributed by atoms with E-state index in [-0.39, 0.29) is 0 Å². The van der Waals surface area contributed by atoms with Gasteiger partial charge in [-0.1, -0.05) is 25.1 Å². The van der Waals surface area contributed by atoms with Gasteiger partial charge in [-0.3, -0.25) is 0 Å². The van der Waals surface area contributed by atoms with Crippen LogP contribution in [0.2, 0.25) is 0 Å². The third-order valence-corrected chi connectivity index (χ3v) is 3.55. The Morgan fingerprint density at radius 3 is 2.79 bits per heavy atom. The Morgan fingerprint density at radius 1 is 1.32 bits per heavy atom. The average molecular weight is 263 g/mol. The molecule has 19 heavy (non-hydrogen) atoms. The van der Waals surface area contributed by atoms with Crippen LogP contribution < -0.4 is 10.1 Å². The van der Waals surface area contributed by atoms with E-state index in [1.54, 1.807) is 0 Å². The zero-order valence-corrected chi connectivity index (χ0v) is 12.0. The minimum Gasteiger partial charge on any atom is -0.490 e. The lowest BCUT2D eigenvalue weighted by atomic mass is 10.1. The number of benzene rings is 1. The highest BCUT2D eigenvalue weighted by atomic mass is 16.5. The molecule has 3 nitrogen and oxygen atoms in total. The van der Waals surface area contributed by atoms with Gasteiger partial charge in [0.05, 0.1) is 13.2 Å². The summed E-state index contributed by atoms with van der Waals surface area (Å²) >= 11 is 0. The van der Waals surface area contributed by atoms with Crippen LogP contribution in [0.3, 0.4) is 0 Å². The maximum Gasteiger partial charge on any atom is 0.124 e. The highest BCUT2D eigenvalue weighted by Gasteiger charge is 2.18. The van der Waals surface area contributed by atoms with E-state index >= 15 is 0 Å². The van der Waals surface area contributed by atoms with Crippen LogP contribution in [0, 0.1) is 0 Å². The Hall–Kier alpha value is -1.06. The van der Waals surface area contributed by atoms with Gasteiger partial charge in [0.15, 0.2) is 0 Å². The Kier molecular flexibility index (Phi) is 5.67. The standard InChI is InChI=1S/C16H25NO2/c1-3-10-17-13(2)15-6-4-5-7-16(15)19-14-8-11-18-12-9-14/h4-7,13-14,17H,3,8-12H2,1-2H3. The fourth-order valence-electron chi connectivity index (χ4n) is 2.39. The summed E-state index contributed by atoms with van der Waals surface area (Å²) in [6.07, 6.45) is 3.43. The van der Waals surface area contributed by atoms with Crippen molar-refractivity contribution in [2.75, 3.05) is 19.8 Å².